The second kappa shape index (κ2) is 12.1. The minimum Gasteiger partial charge on any atom is -0.455 e. The predicted octanol–water partition coefficient (Wildman–Crippen LogP) is 12.7. The average molecular weight is 691 g/mol. The van der Waals surface area contributed by atoms with Crippen LogP contribution in [-0.2, 0) is 0 Å². The van der Waals surface area contributed by atoms with Gasteiger partial charge >= 0.3 is 0 Å². The van der Waals surface area contributed by atoms with Crippen LogP contribution in [0.2, 0.25) is 0 Å². The SMILES string of the molecule is c1ccc(-c2nc(-c3ccccc3)nc(-c3ccc(-n4c5ccccc5c5c(-c6ccccc6)cc6ccccc6c54)c4c3oc3ccccc34)n2)cc1. The summed E-state index contributed by atoms with van der Waals surface area (Å²) in [5.41, 5.74) is 9.87. The normalized spacial score (nSPS) is 11.7. The van der Waals surface area contributed by atoms with Crippen LogP contribution in [0, 0.1) is 0 Å². The molecule has 5 nitrogen and oxygen atoms in total. The van der Waals surface area contributed by atoms with Crippen LogP contribution in [0.1, 0.15) is 0 Å². The Bertz CT molecular complexity index is 3140. The zero-order valence-corrected chi connectivity index (χ0v) is 29.0. The van der Waals surface area contributed by atoms with E-state index in [4.69, 9.17) is 19.4 Å². The lowest BCUT2D eigenvalue weighted by atomic mass is 9.95. The van der Waals surface area contributed by atoms with Gasteiger partial charge in [-0.15, -0.1) is 0 Å². The molecule has 0 fully saturated rings. The number of hydrogen-bond acceptors (Lipinski definition) is 4. The Labute approximate surface area is 310 Å². The molecule has 252 valence electrons. The van der Waals surface area contributed by atoms with Crippen molar-refractivity contribution < 1.29 is 4.42 Å². The Morgan fingerprint density at radius 3 is 1.67 bits per heavy atom. The smallest absolute Gasteiger partial charge is 0.167 e. The highest BCUT2D eigenvalue weighted by atomic mass is 16.3. The summed E-state index contributed by atoms with van der Waals surface area (Å²) < 4.78 is 9.30. The van der Waals surface area contributed by atoms with Crippen LogP contribution in [-0.4, -0.2) is 19.5 Å². The zero-order valence-electron chi connectivity index (χ0n) is 29.0. The monoisotopic (exact) mass is 690 g/mol. The van der Waals surface area contributed by atoms with E-state index in [1.165, 1.54) is 32.7 Å². The fraction of sp³-hybridized carbons (Fsp3) is 0. The van der Waals surface area contributed by atoms with E-state index < -0.39 is 0 Å². The number of para-hydroxylation sites is 2. The Balaban J connectivity index is 1.26. The maximum absolute atomic E-state index is 6.86. The first-order valence-corrected chi connectivity index (χ1v) is 18.1. The van der Waals surface area contributed by atoms with Crippen LogP contribution >= 0.6 is 0 Å². The van der Waals surface area contributed by atoms with Gasteiger partial charge in [-0.1, -0.05) is 152 Å². The first kappa shape index (κ1) is 30.3. The Hall–Kier alpha value is -7.37. The summed E-state index contributed by atoms with van der Waals surface area (Å²) in [5, 5.41) is 6.82. The van der Waals surface area contributed by atoms with Crippen molar-refractivity contribution in [1.82, 2.24) is 19.5 Å². The van der Waals surface area contributed by atoms with E-state index in [-0.39, 0.29) is 0 Å². The van der Waals surface area contributed by atoms with E-state index in [0.717, 1.165) is 55.3 Å². The number of rotatable bonds is 5. The van der Waals surface area contributed by atoms with Crippen molar-refractivity contribution in [3.8, 4) is 51.0 Å². The summed E-state index contributed by atoms with van der Waals surface area (Å²) in [6, 6.07) is 63.2. The molecular weight excluding hydrogens is 661 g/mol. The van der Waals surface area contributed by atoms with Crippen LogP contribution in [0.25, 0.3) is 105 Å². The van der Waals surface area contributed by atoms with Crippen molar-refractivity contribution in [1.29, 1.82) is 0 Å². The second-order valence-electron chi connectivity index (χ2n) is 13.6. The number of aromatic nitrogens is 4. The first-order chi connectivity index (χ1) is 26.8. The lowest BCUT2D eigenvalue weighted by molar-refractivity contribution is 0.669. The Morgan fingerprint density at radius 2 is 0.963 bits per heavy atom. The van der Waals surface area contributed by atoms with E-state index in [1.54, 1.807) is 0 Å². The number of fused-ring (bicyclic) bond motifs is 8. The van der Waals surface area contributed by atoms with E-state index in [2.05, 4.69) is 114 Å². The van der Waals surface area contributed by atoms with E-state index in [9.17, 15) is 0 Å². The molecule has 54 heavy (non-hydrogen) atoms. The van der Waals surface area contributed by atoms with Crippen LogP contribution in [0.3, 0.4) is 0 Å². The fourth-order valence-electron chi connectivity index (χ4n) is 8.03. The van der Waals surface area contributed by atoms with Crippen LogP contribution in [0.4, 0.5) is 0 Å². The van der Waals surface area contributed by atoms with Gasteiger partial charge in [-0.2, -0.15) is 0 Å². The van der Waals surface area contributed by atoms with E-state index in [1.807, 2.05) is 72.8 Å². The largest absolute Gasteiger partial charge is 0.455 e. The molecule has 3 aromatic heterocycles. The molecule has 0 amide bonds. The molecule has 0 saturated carbocycles. The van der Waals surface area contributed by atoms with E-state index in [0.29, 0.717) is 17.5 Å². The molecule has 0 saturated heterocycles. The number of hydrogen-bond donors (Lipinski definition) is 0. The van der Waals surface area contributed by atoms with Crippen molar-refractivity contribution in [2.45, 2.75) is 0 Å². The number of nitrogens with zero attached hydrogens (tertiary/aromatic N) is 4. The summed E-state index contributed by atoms with van der Waals surface area (Å²) in [4.78, 5) is 15.2. The zero-order chi connectivity index (χ0) is 35.6. The van der Waals surface area contributed by atoms with Gasteiger partial charge < -0.3 is 8.98 Å². The molecule has 8 aromatic carbocycles. The van der Waals surface area contributed by atoms with Gasteiger partial charge in [0.15, 0.2) is 17.5 Å². The summed E-state index contributed by atoms with van der Waals surface area (Å²) in [7, 11) is 0. The first-order valence-electron chi connectivity index (χ1n) is 18.1. The standard InChI is InChI=1S/C49H30N4O/c1-4-16-31(17-5-1)39-30-34-22-10-11-23-35(34)45-43(39)36-24-12-14-26-40(36)53(45)41-29-28-38(46-44(41)37-25-13-15-27-42(37)54-46)49-51-47(32-18-6-2-7-19-32)50-48(52-49)33-20-8-3-9-21-33/h1-30H. The fourth-order valence-corrected chi connectivity index (χ4v) is 8.03. The average Bonchev–Trinajstić information content (AvgIpc) is 3.81. The van der Waals surface area contributed by atoms with Gasteiger partial charge in [0.1, 0.15) is 11.2 Å². The highest BCUT2D eigenvalue weighted by Gasteiger charge is 2.25. The van der Waals surface area contributed by atoms with Crippen molar-refractivity contribution >= 4 is 54.5 Å². The molecule has 5 heteroatoms. The molecule has 0 N–H and O–H groups in total. The molecule has 0 aliphatic carbocycles. The molecule has 0 unspecified atom stereocenters. The Kier molecular flexibility index (Phi) is 6.79. The third-order valence-corrected chi connectivity index (χ3v) is 10.4. The van der Waals surface area contributed by atoms with Gasteiger partial charge in [0.25, 0.3) is 0 Å². The van der Waals surface area contributed by atoms with Crippen molar-refractivity contribution in [2.75, 3.05) is 0 Å². The number of benzene rings is 8. The highest BCUT2D eigenvalue weighted by Crippen LogP contribution is 2.46. The molecule has 0 spiro atoms. The summed E-state index contributed by atoms with van der Waals surface area (Å²) in [5.74, 6) is 1.77. The Morgan fingerprint density at radius 1 is 0.407 bits per heavy atom. The van der Waals surface area contributed by atoms with Gasteiger partial charge in [0.2, 0.25) is 0 Å². The van der Waals surface area contributed by atoms with Gasteiger partial charge in [-0.25, -0.2) is 15.0 Å². The predicted molar refractivity (Wildman–Crippen MR) is 221 cm³/mol. The summed E-state index contributed by atoms with van der Waals surface area (Å²) in [6.45, 7) is 0. The second-order valence-corrected chi connectivity index (χ2v) is 13.6. The third kappa shape index (κ3) is 4.69. The van der Waals surface area contributed by atoms with Gasteiger partial charge in [-0.3, -0.25) is 0 Å². The topological polar surface area (TPSA) is 56.7 Å². The molecule has 0 aliphatic heterocycles. The van der Waals surface area contributed by atoms with Crippen LogP contribution in [0.5, 0.6) is 0 Å². The van der Waals surface area contributed by atoms with Crippen molar-refractivity contribution in [2.24, 2.45) is 0 Å². The number of furan rings is 1. The van der Waals surface area contributed by atoms with Gasteiger partial charge in [0, 0.05) is 32.7 Å². The van der Waals surface area contributed by atoms with Crippen LogP contribution in [0.15, 0.2) is 186 Å². The maximum atomic E-state index is 6.86. The quantitative estimate of drug-likeness (QED) is 0.180. The third-order valence-electron chi connectivity index (χ3n) is 10.4. The molecule has 3 heterocycles. The molecule has 11 aromatic rings. The maximum Gasteiger partial charge on any atom is 0.167 e. The highest BCUT2D eigenvalue weighted by molar-refractivity contribution is 6.25. The molecular formula is C49H30N4O. The molecule has 0 aliphatic rings. The summed E-state index contributed by atoms with van der Waals surface area (Å²) in [6.07, 6.45) is 0. The lowest BCUT2D eigenvalue weighted by Crippen LogP contribution is -2.01. The molecule has 0 bridgehead atoms. The minimum atomic E-state index is 0.553. The molecule has 0 atom stereocenters. The lowest BCUT2D eigenvalue weighted by Gasteiger charge is -2.14. The van der Waals surface area contributed by atoms with E-state index >= 15 is 0 Å². The molecule has 11 rings (SSSR count). The minimum absolute atomic E-state index is 0.553. The van der Waals surface area contributed by atoms with Crippen LogP contribution < -0.4 is 0 Å². The molecule has 0 radical (unpaired) electrons. The van der Waals surface area contributed by atoms with Crippen molar-refractivity contribution in [3.05, 3.63) is 182 Å². The van der Waals surface area contributed by atoms with Gasteiger partial charge in [-0.05, 0) is 46.8 Å². The summed E-state index contributed by atoms with van der Waals surface area (Å²) >= 11 is 0. The van der Waals surface area contributed by atoms with Crippen molar-refractivity contribution in [3.63, 3.8) is 0 Å². The van der Waals surface area contributed by atoms with Gasteiger partial charge in [0.05, 0.1) is 27.7 Å².